The zero-order valence-electron chi connectivity index (χ0n) is 30.3. The number of hydrogen-bond acceptors (Lipinski definition) is 3. The molecule has 3 heterocycles. The number of nitriles is 3. The van der Waals surface area contributed by atoms with Crippen LogP contribution in [0.2, 0.25) is 0 Å². The van der Waals surface area contributed by atoms with Gasteiger partial charge in [-0.1, -0.05) is 91.0 Å². The Balaban J connectivity index is 1.22. The standard InChI is InChI=1S/C51H28N6/c52-29-32-23-24-47-42(27-32)40-14-3-7-19-45(40)56(47)48-21-10-22-49-50(48)41-15-4-8-20-46(41)57(49)51-34(31-54)11-9-16-37(51)35-25-33(30-53)26-36(28-35)55-43-17-5-1-12-38(43)39-13-2-6-18-44(39)55/h1-28H. The van der Waals surface area contributed by atoms with Crippen LogP contribution in [0.4, 0.5) is 0 Å². The summed E-state index contributed by atoms with van der Waals surface area (Å²) in [4.78, 5) is 0. The van der Waals surface area contributed by atoms with Gasteiger partial charge in [0.05, 0.1) is 73.3 Å². The van der Waals surface area contributed by atoms with Crippen LogP contribution in [-0.4, -0.2) is 13.7 Å². The van der Waals surface area contributed by atoms with Crippen molar-refractivity contribution in [1.29, 1.82) is 15.8 Å². The molecule has 6 heteroatoms. The Bertz CT molecular complexity index is 3580. The second-order valence-electron chi connectivity index (χ2n) is 14.3. The molecule has 0 radical (unpaired) electrons. The van der Waals surface area contributed by atoms with Gasteiger partial charge in [-0.3, -0.25) is 0 Å². The van der Waals surface area contributed by atoms with E-state index in [1.165, 1.54) is 0 Å². The average Bonchev–Trinajstić information content (AvgIpc) is 3.91. The molecule has 0 aliphatic carbocycles. The lowest BCUT2D eigenvalue weighted by Crippen LogP contribution is -2.02. The molecule has 6 nitrogen and oxygen atoms in total. The molecule has 0 N–H and O–H groups in total. The maximum atomic E-state index is 10.8. The van der Waals surface area contributed by atoms with Crippen LogP contribution in [0.5, 0.6) is 0 Å². The van der Waals surface area contributed by atoms with Crippen molar-refractivity contribution < 1.29 is 0 Å². The molecule has 0 amide bonds. The van der Waals surface area contributed by atoms with Crippen LogP contribution in [0, 0.1) is 34.0 Å². The molecule has 262 valence electrons. The molecule has 11 rings (SSSR count). The van der Waals surface area contributed by atoms with Crippen molar-refractivity contribution in [3.63, 3.8) is 0 Å². The average molecular weight is 725 g/mol. The van der Waals surface area contributed by atoms with Crippen molar-refractivity contribution in [2.75, 3.05) is 0 Å². The summed E-state index contributed by atoms with van der Waals surface area (Å²) >= 11 is 0. The van der Waals surface area contributed by atoms with Gasteiger partial charge in [0.1, 0.15) is 6.07 Å². The van der Waals surface area contributed by atoms with Crippen molar-refractivity contribution in [3.8, 4) is 46.4 Å². The van der Waals surface area contributed by atoms with Crippen LogP contribution in [0.1, 0.15) is 16.7 Å². The van der Waals surface area contributed by atoms with Crippen LogP contribution >= 0.6 is 0 Å². The van der Waals surface area contributed by atoms with E-state index in [4.69, 9.17) is 0 Å². The molecule has 0 bridgehead atoms. The Morgan fingerprint density at radius 2 is 0.930 bits per heavy atom. The fourth-order valence-corrected chi connectivity index (χ4v) is 9.00. The summed E-state index contributed by atoms with van der Waals surface area (Å²) in [5.41, 5.74) is 12.0. The van der Waals surface area contributed by atoms with Crippen molar-refractivity contribution in [2.45, 2.75) is 0 Å². The molecule has 3 aromatic heterocycles. The number of benzene rings is 8. The molecule has 0 fully saturated rings. The maximum absolute atomic E-state index is 10.8. The van der Waals surface area contributed by atoms with E-state index >= 15 is 0 Å². The van der Waals surface area contributed by atoms with Gasteiger partial charge in [0, 0.05) is 43.6 Å². The van der Waals surface area contributed by atoms with Gasteiger partial charge >= 0.3 is 0 Å². The zero-order valence-corrected chi connectivity index (χ0v) is 30.3. The highest BCUT2D eigenvalue weighted by molar-refractivity contribution is 6.17. The summed E-state index contributed by atoms with van der Waals surface area (Å²) in [7, 11) is 0. The maximum Gasteiger partial charge on any atom is 0.101 e. The lowest BCUT2D eigenvalue weighted by Gasteiger charge is -2.18. The third kappa shape index (κ3) is 4.61. The van der Waals surface area contributed by atoms with Gasteiger partial charge in [0.25, 0.3) is 0 Å². The van der Waals surface area contributed by atoms with E-state index in [0.29, 0.717) is 16.7 Å². The lowest BCUT2D eigenvalue weighted by molar-refractivity contribution is 1.16. The first-order valence-electron chi connectivity index (χ1n) is 18.7. The highest BCUT2D eigenvalue weighted by atomic mass is 15.0. The van der Waals surface area contributed by atoms with Crippen molar-refractivity contribution in [3.05, 3.63) is 187 Å². The van der Waals surface area contributed by atoms with E-state index in [2.05, 4.69) is 123 Å². The van der Waals surface area contributed by atoms with Crippen molar-refractivity contribution in [1.82, 2.24) is 13.7 Å². The number of aromatic nitrogens is 3. The molecular formula is C51H28N6. The number of rotatable bonds is 4. The zero-order chi connectivity index (χ0) is 38.2. The van der Waals surface area contributed by atoms with Crippen molar-refractivity contribution >= 4 is 65.4 Å². The Morgan fingerprint density at radius 3 is 1.60 bits per heavy atom. The minimum absolute atomic E-state index is 0.516. The van der Waals surface area contributed by atoms with Crippen LogP contribution in [0.3, 0.4) is 0 Å². The first-order chi connectivity index (χ1) is 28.2. The summed E-state index contributed by atoms with van der Waals surface area (Å²) in [6.45, 7) is 0. The Labute approximate surface area is 326 Å². The van der Waals surface area contributed by atoms with Crippen LogP contribution < -0.4 is 0 Å². The summed E-state index contributed by atoms with van der Waals surface area (Å²) in [6.07, 6.45) is 0. The Hall–Kier alpha value is -8.37. The fraction of sp³-hybridized carbons (Fsp3) is 0. The quantitative estimate of drug-likeness (QED) is 0.181. The predicted octanol–water partition coefficient (Wildman–Crippen LogP) is 12.3. The highest BCUT2D eigenvalue weighted by Crippen LogP contribution is 2.43. The minimum atomic E-state index is 0.516. The predicted molar refractivity (Wildman–Crippen MR) is 229 cm³/mol. The lowest BCUT2D eigenvalue weighted by atomic mass is 9.97. The molecule has 0 atom stereocenters. The number of fused-ring (bicyclic) bond motifs is 9. The van der Waals surface area contributed by atoms with E-state index in [-0.39, 0.29) is 0 Å². The van der Waals surface area contributed by atoms with Gasteiger partial charge < -0.3 is 13.7 Å². The molecule has 0 aliphatic rings. The summed E-state index contributed by atoms with van der Waals surface area (Å²) in [6, 6.07) is 64.7. The van der Waals surface area contributed by atoms with Crippen LogP contribution in [0.15, 0.2) is 170 Å². The summed E-state index contributed by atoms with van der Waals surface area (Å²) < 4.78 is 6.72. The second kappa shape index (κ2) is 12.3. The van der Waals surface area contributed by atoms with Crippen molar-refractivity contribution in [2.24, 2.45) is 0 Å². The molecule has 8 aromatic carbocycles. The molecule has 11 aromatic rings. The van der Waals surface area contributed by atoms with Gasteiger partial charge in [0.2, 0.25) is 0 Å². The van der Waals surface area contributed by atoms with Gasteiger partial charge in [-0.2, -0.15) is 15.8 Å². The van der Waals surface area contributed by atoms with Gasteiger partial charge in [-0.15, -0.1) is 0 Å². The summed E-state index contributed by atoms with van der Waals surface area (Å²) in [5, 5.41) is 37.5. The van der Waals surface area contributed by atoms with E-state index in [0.717, 1.165) is 93.6 Å². The summed E-state index contributed by atoms with van der Waals surface area (Å²) in [5.74, 6) is 0. The molecule has 0 spiro atoms. The Kier molecular flexibility index (Phi) is 6.95. The third-order valence-electron chi connectivity index (χ3n) is 11.3. The van der Waals surface area contributed by atoms with E-state index in [1.807, 2.05) is 78.9 Å². The first kappa shape index (κ1) is 32.1. The van der Waals surface area contributed by atoms with Gasteiger partial charge in [-0.05, 0) is 84.4 Å². The Morgan fingerprint density at radius 1 is 0.368 bits per heavy atom. The monoisotopic (exact) mass is 724 g/mol. The highest BCUT2D eigenvalue weighted by Gasteiger charge is 2.23. The molecule has 0 aliphatic heterocycles. The SMILES string of the molecule is N#Cc1cc(-c2cccc(C#N)c2-n2c3ccccc3c3c(-n4c5ccccc5c5cc(C#N)ccc54)cccc32)cc(-n2c3ccccc3c3ccccc32)c1. The van der Waals surface area contributed by atoms with Crippen LogP contribution in [-0.2, 0) is 0 Å². The molecule has 0 saturated heterocycles. The number of para-hydroxylation sites is 5. The first-order valence-corrected chi connectivity index (χ1v) is 18.7. The van der Waals surface area contributed by atoms with Crippen LogP contribution in [0.25, 0.3) is 93.6 Å². The molecule has 0 saturated carbocycles. The molecule has 57 heavy (non-hydrogen) atoms. The molecular weight excluding hydrogens is 697 g/mol. The largest absolute Gasteiger partial charge is 0.309 e. The van der Waals surface area contributed by atoms with Gasteiger partial charge in [0.15, 0.2) is 0 Å². The normalized spacial score (nSPS) is 11.5. The van der Waals surface area contributed by atoms with E-state index in [1.54, 1.807) is 0 Å². The van der Waals surface area contributed by atoms with Gasteiger partial charge in [-0.25, -0.2) is 0 Å². The topological polar surface area (TPSA) is 86.2 Å². The molecule has 0 unspecified atom stereocenters. The number of hydrogen-bond donors (Lipinski definition) is 0. The smallest absolute Gasteiger partial charge is 0.101 e. The third-order valence-corrected chi connectivity index (χ3v) is 11.3. The second-order valence-corrected chi connectivity index (χ2v) is 14.3. The number of nitrogens with zero attached hydrogens (tertiary/aromatic N) is 6. The fourth-order valence-electron chi connectivity index (χ4n) is 9.00. The van der Waals surface area contributed by atoms with E-state index in [9.17, 15) is 15.8 Å². The van der Waals surface area contributed by atoms with E-state index < -0.39 is 0 Å². The minimum Gasteiger partial charge on any atom is -0.309 e.